The van der Waals surface area contributed by atoms with Crippen molar-refractivity contribution in [2.75, 3.05) is 30.7 Å². The fourth-order valence-electron chi connectivity index (χ4n) is 2.15. The van der Waals surface area contributed by atoms with E-state index in [9.17, 15) is 4.79 Å². The van der Waals surface area contributed by atoms with Gasteiger partial charge in [-0.15, -0.1) is 0 Å². The maximum absolute atomic E-state index is 11.9. The van der Waals surface area contributed by atoms with Crippen molar-refractivity contribution < 1.29 is 4.79 Å². The van der Waals surface area contributed by atoms with E-state index in [1.54, 1.807) is 18.2 Å². The average Bonchev–Trinajstić information content (AvgIpc) is 3.22. The van der Waals surface area contributed by atoms with E-state index in [0.717, 1.165) is 25.6 Å². The molecule has 5 heteroatoms. The van der Waals surface area contributed by atoms with Gasteiger partial charge in [0.1, 0.15) is 0 Å². The molecule has 1 aliphatic rings. The lowest BCUT2D eigenvalue weighted by Gasteiger charge is -2.19. The molecular formula is C15H22ClN3O. The van der Waals surface area contributed by atoms with Crippen molar-refractivity contribution in [2.45, 2.75) is 26.2 Å². The van der Waals surface area contributed by atoms with Crippen molar-refractivity contribution in [3.8, 4) is 0 Å². The number of carbonyl (C=O) groups excluding carboxylic acids is 1. The summed E-state index contributed by atoms with van der Waals surface area (Å²) in [5.74, 6) is 0.843. The Bertz CT molecular complexity index is 474. The molecule has 1 aliphatic carbocycles. The Labute approximate surface area is 125 Å². The first kappa shape index (κ1) is 15.1. The molecule has 3 N–H and O–H groups in total. The summed E-state index contributed by atoms with van der Waals surface area (Å²) < 4.78 is 0. The first-order valence-electron chi connectivity index (χ1n) is 7.15. The van der Waals surface area contributed by atoms with Gasteiger partial charge >= 0.3 is 0 Å². The number of nitrogens with two attached hydrogens (primary N) is 1. The first-order chi connectivity index (χ1) is 9.58. The summed E-state index contributed by atoms with van der Waals surface area (Å²) in [6.45, 7) is 5.04. The third-order valence-corrected chi connectivity index (χ3v) is 3.90. The highest BCUT2D eigenvalue weighted by molar-refractivity contribution is 6.34. The number of hydrogen-bond donors (Lipinski definition) is 2. The number of amides is 1. The maximum atomic E-state index is 11.9. The van der Waals surface area contributed by atoms with E-state index in [1.165, 1.54) is 12.8 Å². The van der Waals surface area contributed by atoms with Crippen LogP contribution in [0.4, 0.5) is 11.4 Å². The molecule has 1 aromatic rings. The minimum absolute atomic E-state index is 0.00841. The Balaban J connectivity index is 1.79. The van der Waals surface area contributed by atoms with Gasteiger partial charge in [0.2, 0.25) is 5.91 Å². The third kappa shape index (κ3) is 4.69. The van der Waals surface area contributed by atoms with Gasteiger partial charge in [0.25, 0.3) is 0 Å². The van der Waals surface area contributed by atoms with E-state index >= 15 is 0 Å². The van der Waals surface area contributed by atoms with E-state index in [1.807, 2.05) is 0 Å². The molecule has 2 rings (SSSR count). The molecule has 1 fully saturated rings. The highest BCUT2D eigenvalue weighted by Gasteiger charge is 2.23. The molecule has 4 nitrogen and oxygen atoms in total. The average molecular weight is 296 g/mol. The highest BCUT2D eigenvalue weighted by atomic mass is 35.5. The summed E-state index contributed by atoms with van der Waals surface area (Å²) in [6.07, 6.45) is 3.16. The van der Waals surface area contributed by atoms with Crippen molar-refractivity contribution in [2.24, 2.45) is 5.92 Å². The van der Waals surface area contributed by atoms with Gasteiger partial charge in [-0.1, -0.05) is 18.5 Å². The van der Waals surface area contributed by atoms with Crippen LogP contribution in [0, 0.1) is 5.92 Å². The highest BCUT2D eigenvalue weighted by Crippen LogP contribution is 2.29. The molecule has 0 aliphatic heterocycles. The van der Waals surface area contributed by atoms with Gasteiger partial charge < -0.3 is 16.0 Å². The van der Waals surface area contributed by atoms with Crippen LogP contribution < -0.4 is 11.1 Å². The topological polar surface area (TPSA) is 58.4 Å². The lowest BCUT2D eigenvalue weighted by Crippen LogP contribution is -2.29. The second-order valence-corrected chi connectivity index (χ2v) is 5.78. The largest absolute Gasteiger partial charge is 0.399 e. The van der Waals surface area contributed by atoms with Crippen LogP contribution >= 0.6 is 11.6 Å². The van der Waals surface area contributed by atoms with Crippen LogP contribution in [0.3, 0.4) is 0 Å². The second-order valence-electron chi connectivity index (χ2n) is 5.37. The van der Waals surface area contributed by atoms with Crippen molar-refractivity contribution in [1.29, 1.82) is 0 Å². The van der Waals surface area contributed by atoms with Crippen LogP contribution in [0.2, 0.25) is 5.02 Å². The zero-order chi connectivity index (χ0) is 14.5. The Morgan fingerprint density at radius 2 is 2.25 bits per heavy atom. The Morgan fingerprint density at radius 3 is 2.85 bits per heavy atom. The SMILES string of the molecule is CCN(CCC(=O)Nc1ccc(N)cc1Cl)CC1CC1. The van der Waals surface area contributed by atoms with Crippen LogP contribution in [-0.2, 0) is 4.79 Å². The molecule has 0 spiro atoms. The molecule has 0 heterocycles. The second kappa shape index (κ2) is 6.95. The van der Waals surface area contributed by atoms with Crippen LogP contribution in [0.1, 0.15) is 26.2 Å². The fraction of sp³-hybridized carbons (Fsp3) is 0.533. The number of carbonyl (C=O) groups is 1. The number of nitrogen functional groups attached to an aromatic ring is 1. The molecule has 20 heavy (non-hydrogen) atoms. The number of hydrogen-bond acceptors (Lipinski definition) is 3. The monoisotopic (exact) mass is 295 g/mol. The normalized spacial score (nSPS) is 14.6. The number of halogens is 1. The van der Waals surface area contributed by atoms with Gasteiger partial charge in [-0.05, 0) is 43.5 Å². The molecule has 1 saturated carbocycles. The molecular weight excluding hydrogens is 274 g/mol. The zero-order valence-electron chi connectivity index (χ0n) is 11.9. The van der Waals surface area contributed by atoms with E-state index < -0.39 is 0 Å². The van der Waals surface area contributed by atoms with E-state index in [-0.39, 0.29) is 5.91 Å². The van der Waals surface area contributed by atoms with Gasteiger partial charge in [0, 0.05) is 25.2 Å². The van der Waals surface area contributed by atoms with Crippen LogP contribution in [-0.4, -0.2) is 30.4 Å². The Morgan fingerprint density at radius 1 is 1.50 bits per heavy atom. The third-order valence-electron chi connectivity index (χ3n) is 3.58. The fourth-order valence-corrected chi connectivity index (χ4v) is 2.39. The molecule has 1 amide bonds. The number of anilines is 2. The Hall–Kier alpha value is -1.26. The van der Waals surface area contributed by atoms with Gasteiger partial charge in [0.15, 0.2) is 0 Å². The summed E-state index contributed by atoms with van der Waals surface area (Å²) in [5.41, 5.74) is 6.84. The lowest BCUT2D eigenvalue weighted by atomic mass is 10.2. The number of nitrogens with one attached hydrogen (secondary N) is 1. The van der Waals surface area contributed by atoms with Crippen LogP contribution in [0.15, 0.2) is 18.2 Å². The zero-order valence-corrected chi connectivity index (χ0v) is 12.6. The quantitative estimate of drug-likeness (QED) is 0.760. The minimum Gasteiger partial charge on any atom is -0.399 e. The summed E-state index contributed by atoms with van der Waals surface area (Å²) in [6, 6.07) is 5.10. The molecule has 110 valence electrons. The maximum Gasteiger partial charge on any atom is 0.225 e. The minimum atomic E-state index is -0.00841. The van der Waals surface area contributed by atoms with Crippen molar-refractivity contribution in [1.82, 2.24) is 4.90 Å². The lowest BCUT2D eigenvalue weighted by molar-refractivity contribution is -0.116. The molecule has 0 radical (unpaired) electrons. The van der Waals surface area contributed by atoms with Crippen LogP contribution in [0.25, 0.3) is 0 Å². The van der Waals surface area contributed by atoms with E-state index in [2.05, 4.69) is 17.1 Å². The van der Waals surface area contributed by atoms with Gasteiger partial charge in [-0.25, -0.2) is 0 Å². The molecule has 1 aromatic carbocycles. The number of nitrogens with zero attached hydrogens (tertiary/aromatic N) is 1. The van der Waals surface area contributed by atoms with E-state index in [4.69, 9.17) is 17.3 Å². The van der Waals surface area contributed by atoms with Gasteiger partial charge in [-0.2, -0.15) is 0 Å². The smallest absolute Gasteiger partial charge is 0.225 e. The van der Waals surface area contributed by atoms with Crippen molar-refractivity contribution in [3.63, 3.8) is 0 Å². The van der Waals surface area contributed by atoms with Gasteiger partial charge in [0.05, 0.1) is 10.7 Å². The standard InChI is InChI=1S/C15H22ClN3O/c1-2-19(10-11-3-4-11)8-7-15(20)18-14-6-5-12(17)9-13(14)16/h5-6,9,11H,2-4,7-8,10,17H2,1H3,(H,18,20). The molecule has 0 saturated heterocycles. The van der Waals surface area contributed by atoms with Crippen LogP contribution in [0.5, 0.6) is 0 Å². The number of rotatable bonds is 7. The molecule has 0 atom stereocenters. The van der Waals surface area contributed by atoms with Gasteiger partial charge in [-0.3, -0.25) is 4.79 Å². The summed E-state index contributed by atoms with van der Waals surface area (Å²) in [5, 5.41) is 3.31. The first-order valence-corrected chi connectivity index (χ1v) is 7.53. The summed E-state index contributed by atoms with van der Waals surface area (Å²) >= 11 is 6.04. The molecule has 0 unspecified atom stereocenters. The molecule has 0 aromatic heterocycles. The predicted molar refractivity (Wildman–Crippen MR) is 83.9 cm³/mol. The summed E-state index contributed by atoms with van der Waals surface area (Å²) in [4.78, 5) is 14.3. The van der Waals surface area contributed by atoms with Crippen molar-refractivity contribution >= 4 is 28.9 Å². The van der Waals surface area contributed by atoms with Crippen molar-refractivity contribution in [3.05, 3.63) is 23.2 Å². The predicted octanol–water partition coefficient (Wildman–Crippen LogP) is 2.98. The summed E-state index contributed by atoms with van der Waals surface area (Å²) in [7, 11) is 0. The number of benzene rings is 1. The molecule has 0 bridgehead atoms. The Kier molecular flexibility index (Phi) is 5.26. The van der Waals surface area contributed by atoms with E-state index in [0.29, 0.717) is 22.8 Å².